The molecule has 3 heterocycles. The first kappa shape index (κ1) is 19.6. The summed E-state index contributed by atoms with van der Waals surface area (Å²) in [6.45, 7) is 7.36. The third-order valence-corrected chi connectivity index (χ3v) is 5.56. The molecule has 1 unspecified atom stereocenters. The number of guanidine groups is 1. The van der Waals surface area contributed by atoms with Crippen LogP contribution in [0.5, 0.6) is 0 Å². The van der Waals surface area contributed by atoms with Gasteiger partial charge in [-0.15, -0.1) is 24.0 Å². The highest BCUT2D eigenvalue weighted by Gasteiger charge is 2.34. The van der Waals surface area contributed by atoms with Crippen molar-refractivity contribution < 1.29 is 0 Å². The van der Waals surface area contributed by atoms with Crippen molar-refractivity contribution in [3.05, 3.63) is 18.5 Å². The molecule has 4 rings (SSSR count). The fourth-order valence-electron chi connectivity index (χ4n) is 3.94. The summed E-state index contributed by atoms with van der Waals surface area (Å²) in [5.74, 6) is 2.63. The van der Waals surface area contributed by atoms with Crippen LogP contribution in [-0.4, -0.2) is 84.6 Å². The number of likely N-dealkylation sites (tertiary alicyclic amines) is 1. The largest absolute Gasteiger partial charge is 0.356 e. The lowest BCUT2D eigenvalue weighted by Gasteiger charge is -2.36. The van der Waals surface area contributed by atoms with Gasteiger partial charge in [-0.05, 0) is 37.8 Å². The highest BCUT2D eigenvalue weighted by molar-refractivity contribution is 14.0. The van der Waals surface area contributed by atoms with Crippen LogP contribution >= 0.6 is 24.0 Å². The molecule has 26 heavy (non-hydrogen) atoms. The van der Waals surface area contributed by atoms with Crippen LogP contribution in [0.4, 0.5) is 5.95 Å². The Kier molecular flexibility index (Phi) is 6.91. The Morgan fingerprint density at radius 2 is 1.85 bits per heavy atom. The van der Waals surface area contributed by atoms with Gasteiger partial charge in [0.15, 0.2) is 5.96 Å². The number of aromatic nitrogens is 2. The van der Waals surface area contributed by atoms with Crippen LogP contribution < -0.4 is 10.2 Å². The van der Waals surface area contributed by atoms with Gasteiger partial charge in [-0.3, -0.25) is 4.99 Å². The van der Waals surface area contributed by atoms with E-state index in [1.54, 1.807) is 0 Å². The van der Waals surface area contributed by atoms with Crippen molar-refractivity contribution in [2.45, 2.75) is 25.3 Å². The summed E-state index contributed by atoms with van der Waals surface area (Å²) in [6.07, 6.45) is 7.76. The summed E-state index contributed by atoms with van der Waals surface area (Å²) in [5, 5.41) is 3.62. The van der Waals surface area contributed by atoms with Gasteiger partial charge in [0.2, 0.25) is 5.95 Å². The minimum absolute atomic E-state index is 0. The van der Waals surface area contributed by atoms with Crippen molar-refractivity contribution >= 4 is 35.9 Å². The van der Waals surface area contributed by atoms with E-state index in [-0.39, 0.29) is 24.0 Å². The first-order valence-electron chi connectivity index (χ1n) is 9.55. The van der Waals surface area contributed by atoms with Gasteiger partial charge in [0.1, 0.15) is 0 Å². The highest BCUT2D eigenvalue weighted by atomic mass is 127. The molecule has 1 saturated carbocycles. The van der Waals surface area contributed by atoms with Crippen LogP contribution in [0, 0.1) is 5.92 Å². The van der Waals surface area contributed by atoms with Crippen LogP contribution in [0.1, 0.15) is 19.3 Å². The average molecular weight is 471 g/mol. The van der Waals surface area contributed by atoms with E-state index in [9.17, 15) is 0 Å². The fraction of sp³-hybridized carbons (Fsp3) is 0.722. The monoisotopic (exact) mass is 471 g/mol. The molecule has 1 aromatic heterocycles. The zero-order valence-corrected chi connectivity index (χ0v) is 17.9. The summed E-state index contributed by atoms with van der Waals surface area (Å²) in [7, 11) is 1.89. The van der Waals surface area contributed by atoms with E-state index in [4.69, 9.17) is 0 Å². The van der Waals surface area contributed by atoms with E-state index in [1.807, 2.05) is 25.5 Å². The maximum atomic E-state index is 4.51. The molecule has 0 radical (unpaired) electrons. The molecule has 1 atom stereocenters. The lowest BCUT2D eigenvalue weighted by Crippen LogP contribution is -2.53. The third-order valence-electron chi connectivity index (χ3n) is 5.56. The van der Waals surface area contributed by atoms with Crippen LogP contribution in [0.2, 0.25) is 0 Å². The number of nitrogens with zero attached hydrogens (tertiary/aromatic N) is 6. The maximum absolute atomic E-state index is 4.51. The van der Waals surface area contributed by atoms with Gasteiger partial charge in [-0.25, -0.2) is 9.97 Å². The summed E-state index contributed by atoms with van der Waals surface area (Å²) in [5.41, 5.74) is 0. The van der Waals surface area contributed by atoms with Crippen LogP contribution in [-0.2, 0) is 0 Å². The van der Waals surface area contributed by atoms with E-state index in [0.717, 1.165) is 56.6 Å². The van der Waals surface area contributed by atoms with E-state index < -0.39 is 0 Å². The van der Waals surface area contributed by atoms with Crippen molar-refractivity contribution in [2.24, 2.45) is 10.9 Å². The zero-order valence-electron chi connectivity index (χ0n) is 15.5. The van der Waals surface area contributed by atoms with E-state index in [1.165, 1.54) is 32.4 Å². The molecule has 144 valence electrons. The van der Waals surface area contributed by atoms with Crippen molar-refractivity contribution in [3.63, 3.8) is 0 Å². The minimum atomic E-state index is 0. The number of piperazine rings is 1. The quantitative estimate of drug-likeness (QED) is 0.406. The van der Waals surface area contributed by atoms with E-state index in [0.29, 0.717) is 0 Å². The molecule has 1 aromatic rings. The van der Waals surface area contributed by atoms with Crippen molar-refractivity contribution in [2.75, 3.05) is 57.8 Å². The Labute approximate surface area is 173 Å². The van der Waals surface area contributed by atoms with Gasteiger partial charge in [-0.2, -0.15) is 0 Å². The topological polar surface area (TPSA) is 59.9 Å². The molecule has 7 nitrogen and oxygen atoms in total. The van der Waals surface area contributed by atoms with E-state index in [2.05, 4.69) is 35.0 Å². The smallest absolute Gasteiger partial charge is 0.225 e. The maximum Gasteiger partial charge on any atom is 0.225 e. The second-order valence-electron chi connectivity index (χ2n) is 7.33. The molecular formula is C18H30IN7. The number of anilines is 1. The molecule has 0 bridgehead atoms. The summed E-state index contributed by atoms with van der Waals surface area (Å²) in [6, 6.07) is 2.76. The molecule has 2 aliphatic heterocycles. The molecule has 0 aromatic carbocycles. The number of rotatable bonds is 4. The normalized spacial score (nSPS) is 24.5. The standard InChI is InChI=1S/C18H29N7.HI/c1-19-17(22-13-15-5-8-25(14-15)16-3-4-16)23-9-11-24(12-10-23)18-20-6-2-7-21-18;/h2,6-7,15-16H,3-5,8-14H2,1H3,(H,19,22);1H. The predicted molar refractivity (Wildman–Crippen MR) is 115 cm³/mol. The van der Waals surface area contributed by atoms with Gasteiger partial charge in [-0.1, -0.05) is 0 Å². The number of hydrogen-bond donors (Lipinski definition) is 1. The number of hydrogen-bond acceptors (Lipinski definition) is 5. The molecule has 3 aliphatic rings. The van der Waals surface area contributed by atoms with Gasteiger partial charge < -0.3 is 20.0 Å². The van der Waals surface area contributed by atoms with Crippen LogP contribution in [0.25, 0.3) is 0 Å². The molecular weight excluding hydrogens is 441 g/mol. The van der Waals surface area contributed by atoms with Gasteiger partial charge >= 0.3 is 0 Å². The van der Waals surface area contributed by atoms with Crippen molar-refractivity contribution in [1.29, 1.82) is 0 Å². The summed E-state index contributed by atoms with van der Waals surface area (Å²) < 4.78 is 0. The Balaban J connectivity index is 0.00000196. The Bertz CT molecular complexity index is 584. The lowest BCUT2D eigenvalue weighted by molar-refractivity contribution is 0.312. The molecule has 0 spiro atoms. The van der Waals surface area contributed by atoms with Crippen LogP contribution in [0.3, 0.4) is 0 Å². The number of nitrogens with one attached hydrogen (secondary N) is 1. The summed E-state index contributed by atoms with van der Waals surface area (Å²) >= 11 is 0. The van der Waals surface area contributed by atoms with Gasteiger partial charge in [0.25, 0.3) is 0 Å². The average Bonchev–Trinajstić information content (AvgIpc) is 3.42. The third kappa shape index (κ3) is 4.76. The summed E-state index contributed by atoms with van der Waals surface area (Å²) in [4.78, 5) is 20.5. The second kappa shape index (κ2) is 9.16. The number of aliphatic imine (C=N–C) groups is 1. The van der Waals surface area contributed by atoms with Crippen molar-refractivity contribution in [1.82, 2.24) is 25.1 Å². The van der Waals surface area contributed by atoms with Crippen LogP contribution in [0.15, 0.2) is 23.5 Å². The number of halogens is 1. The zero-order chi connectivity index (χ0) is 17.1. The molecule has 3 fully saturated rings. The van der Waals surface area contributed by atoms with Gasteiger partial charge in [0.05, 0.1) is 0 Å². The first-order valence-corrected chi connectivity index (χ1v) is 9.55. The molecule has 1 N–H and O–H groups in total. The van der Waals surface area contributed by atoms with E-state index >= 15 is 0 Å². The second-order valence-corrected chi connectivity index (χ2v) is 7.33. The Hall–Kier alpha value is -1.16. The SMILES string of the molecule is CN=C(NCC1CCN(C2CC2)C1)N1CCN(c2ncccn2)CC1.I. The predicted octanol–water partition coefficient (Wildman–Crippen LogP) is 1.28. The molecule has 1 aliphatic carbocycles. The fourth-order valence-corrected chi connectivity index (χ4v) is 3.94. The first-order chi connectivity index (χ1) is 12.3. The van der Waals surface area contributed by atoms with Gasteiger partial charge in [0, 0.05) is 64.8 Å². The molecule has 8 heteroatoms. The highest BCUT2D eigenvalue weighted by Crippen LogP contribution is 2.31. The minimum Gasteiger partial charge on any atom is -0.356 e. The lowest BCUT2D eigenvalue weighted by atomic mass is 10.1. The molecule has 2 saturated heterocycles. The van der Waals surface area contributed by atoms with Crippen molar-refractivity contribution in [3.8, 4) is 0 Å². The molecule has 0 amide bonds. The Morgan fingerprint density at radius 3 is 2.50 bits per heavy atom. The Morgan fingerprint density at radius 1 is 1.12 bits per heavy atom.